The molecule has 0 saturated carbocycles. The molecule has 1 aromatic carbocycles. The first-order valence-corrected chi connectivity index (χ1v) is 6.65. The third-order valence-corrected chi connectivity index (χ3v) is 4.00. The topological polar surface area (TPSA) is 50.2 Å². The zero-order valence-electron chi connectivity index (χ0n) is 10.7. The third kappa shape index (κ3) is 2.29. The Bertz CT molecular complexity index is 602. The molecule has 4 heteroatoms. The molecular weight excluding hydrogens is 246 g/mol. The molecule has 1 N–H and O–H groups in total. The Kier molecular flexibility index (Phi) is 3.48. The lowest BCUT2D eigenvalue weighted by Gasteiger charge is -2.05. The van der Waals surface area contributed by atoms with E-state index in [1.54, 1.807) is 0 Å². The smallest absolute Gasteiger partial charge is 0.348 e. The normalized spacial score (nSPS) is 10.6. The number of nitrogens with zero attached hydrogens (tertiary/aromatic N) is 1. The van der Waals surface area contributed by atoms with Gasteiger partial charge in [0.05, 0.1) is 10.7 Å². The molecule has 0 bridgehead atoms. The van der Waals surface area contributed by atoms with E-state index in [1.165, 1.54) is 11.3 Å². The van der Waals surface area contributed by atoms with Crippen LogP contribution in [0.5, 0.6) is 0 Å². The number of hydrogen-bond donors (Lipinski definition) is 1. The number of carbonyl (C=O) groups is 1. The Balaban J connectivity index is 2.65. The van der Waals surface area contributed by atoms with Crippen LogP contribution in [-0.2, 0) is 6.42 Å². The third-order valence-electron chi connectivity index (χ3n) is 2.82. The molecular formula is C14H15NO2S. The van der Waals surface area contributed by atoms with E-state index >= 15 is 0 Å². The highest BCUT2D eigenvalue weighted by Gasteiger charge is 2.19. The fourth-order valence-corrected chi connectivity index (χ4v) is 2.69. The number of rotatable bonds is 3. The lowest BCUT2D eigenvalue weighted by Crippen LogP contribution is -1.97. The molecule has 0 atom stereocenters. The molecule has 0 aliphatic carbocycles. The van der Waals surface area contributed by atoms with Crippen LogP contribution in [0, 0.1) is 13.8 Å². The van der Waals surface area contributed by atoms with Gasteiger partial charge in [-0.25, -0.2) is 9.78 Å². The van der Waals surface area contributed by atoms with Gasteiger partial charge in [0.2, 0.25) is 0 Å². The highest BCUT2D eigenvalue weighted by molar-refractivity contribution is 7.14. The van der Waals surface area contributed by atoms with Crippen LogP contribution < -0.4 is 0 Å². The number of aromatic nitrogens is 1. The average Bonchev–Trinajstić information content (AvgIpc) is 2.76. The van der Waals surface area contributed by atoms with E-state index in [9.17, 15) is 9.90 Å². The number of thiazole rings is 1. The second-order valence-corrected chi connectivity index (χ2v) is 5.35. The largest absolute Gasteiger partial charge is 0.477 e. The molecule has 1 heterocycles. The Hall–Kier alpha value is -1.68. The Labute approximate surface area is 110 Å². The van der Waals surface area contributed by atoms with Gasteiger partial charge in [-0.2, -0.15) is 0 Å². The van der Waals surface area contributed by atoms with Crippen LogP contribution in [0.2, 0.25) is 0 Å². The van der Waals surface area contributed by atoms with Gasteiger partial charge in [0.1, 0.15) is 4.88 Å². The number of carboxylic acid groups (broad SMARTS) is 1. The van der Waals surface area contributed by atoms with Crippen molar-refractivity contribution in [3.05, 3.63) is 39.2 Å². The zero-order chi connectivity index (χ0) is 13.3. The molecule has 18 heavy (non-hydrogen) atoms. The molecule has 0 aliphatic heterocycles. The van der Waals surface area contributed by atoms with Gasteiger partial charge < -0.3 is 5.11 Å². The van der Waals surface area contributed by atoms with Crippen LogP contribution in [0.1, 0.15) is 32.7 Å². The first-order chi connectivity index (χ1) is 8.52. The highest BCUT2D eigenvalue weighted by atomic mass is 32.1. The van der Waals surface area contributed by atoms with Crippen molar-refractivity contribution in [2.45, 2.75) is 27.2 Å². The van der Waals surface area contributed by atoms with E-state index < -0.39 is 5.97 Å². The Morgan fingerprint density at radius 1 is 1.39 bits per heavy atom. The fraction of sp³-hybridized carbons (Fsp3) is 0.286. The Morgan fingerprint density at radius 2 is 2.11 bits per heavy atom. The highest BCUT2D eigenvalue weighted by Crippen LogP contribution is 2.31. The minimum atomic E-state index is -0.900. The average molecular weight is 261 g/mol. The quantitative estimate of drug-likeness (QED) is 0.916. The first-order valence-electron chi connectivity index (χ1n) is 5.83. The lowest BCUT2D eigenvalue weighted by molar-refractivity contribution is 0.0702. The van der Waals surface area contributed by atoms with Crippen molar-refractivity contribution in [3.63, 3.8) is 0 Å². The predicted molar refractivity (Wildman–Crippen MR) is 73.4 cm³/mol. The van der Waals surface area contributed by atoms with Crippen molar-refractivity contribution < 1.29 is 9.90 Å². The maximum atomic E-state index is 11.3. The minimum absolute atomic E-state index is 0.334. The zero-order valence-corrected chi connectivity index (χ0v) is 11.5. The second-order valence-electron chi connectivity index (χ2n) is 4.26. The molecule has 0 spiro atoms. The van der Waals surface area contributed by atoms with E-state index in [1.807, 2.05) is 39.0 Å². The van der Waals surface area contributed by atoms with Crippen molar-refractivity contribution >= 4 is 17.3 Å². The monoisotopic (exact) mass is 261 g/mol. The standard InChI is InChI=1S/C14H15NO2S/c1-4-11-15-12(13(18-11)14(16)17)10-7-8(2)5-6-9(10)3/h5-7H,4H2,1-3H3,(H,16,17). The SMILES string of the molecule is CCc1nc(-c2cc(C)ccc2C)c(C(=O)O)s1. The number of carboxylic acids is 1. The molecule has 3 nitrogen and oxygen atoms in total. The molecule has 2 aromatic rings. The van der Waals surface area contributed by atoms with E-state index in [0.29, 0.717) is 10.6 Å². The first kappa shape index (κ1) is 12.8. The van der Waals surface area contributed by atoms with E-state index in [4.69, 9.17) is 0 Å². The molecule has 0 aliphatic rings. The van der Waals surface area contributed by atoms with Crippen LogP contribution >= 0.6 is 11.3 Å². The van der Waals surface area contributed by atoms with Crippen LogP contribution in [0.3, 0.4) is 0 Å². The summed E-state index contributed by atoms with van der Waals surface area (Å²) in [7, 11) is 0. The maximum Gasteiger partial charge on any atom is 0.348 e. The summed E-state index contributed by atoms with van der Waals surface area (Å²) in [5, 5.41) is 10.1. The van der Waals surface area contributed by atoms with Crippen molar-refractivity contribution in [2.75, 3.05) is 0 Å². The van der Waals surface area contributed by atoms with Gasteiger partial charge in [-0.3, -0.25) is 0 Å². The van der Waals surface area contributed by atoms with Gasteiger partial charge in [0.15, 0.2) is 0 Å². The van der Waals surface area contributed by atoms with Crippen LogP contribution in [0.4, 0.5) is 0 Å². The number of aromatic carboxylic acids is 1. The van der Waals surface area contributed by atoms with Crippen molar-refractivity contribution in [2.24, 2.45) is 0 Å². The summed E-state index contributed by atoms with van der Waals surface area (Å²) in [5.41, 5.74) is 3.68. The van der Waals surface area contributed by atoms with Gasteiger partial charge in [-0.05, 0) is 31.9 Å². The van der Waals surface area contributed by atoms with Gasteiger partial charge in [0.25, 0.3) is 0 Å². The van der Waals surface area contributed by atoms with Crippen LogP contribution in [0.15, 0.2) is 18.2 Å². The summed E-state index contributed by atoms with van der Waals surface area (Å²) in [6.45, 7) is 5.96. The predicted octanol–water partition coefficient (Wildman–Crippen LogP) is 3.69. The molecule has 0 saturated heterocycles. The van der Waals surface area contributed by atoms with Gasteiger partial charge in [-0.1, -0.05) is 24.6 Å². The van der Waals surface area contributed by atoms with Crippen molar-refractivity contribution in [1.82, 2.24) is 4.98 Å². The molecule has 0 unspecified atom stereocenters. The molecule has 0 radical (unpaired) electrons. The van der Waals surface area contributed by atoms with Gasteiger partial charge >= 0.3 is 5.97 Å². The van der Waals surface area contributed by atoms with Crippen LogP contribution in [-0.4, -0.2) is 16.1 Å². The minimum Gasteiger partial charge on any atom is -0.477 e. The van der Waals surface area contributed by atoms with Gasteiger partial charge in [0, 0.05) is 5.56 Å². The fourth-order valence-electron chi connectivity index (χ4n) is 1.83. The summed E-state index contributed by atoms with van der Waals surface area (Å²) in [5.74, 6) is -0.900. The summed E-state index contributed by atoms with van der Waals surface area (Å²) < 4.78 is 0. The number of hydrogen-bond acceptors (Lipinski definition) is 3. The maximum absolute atomic E-state index is 11.3. The molecule has 1 aromatic heterocycles. The molecule has 0 amide bonds. The Morgan fingerprint density at radius 3 is 2.72 bits per heavy atom. The van der Waals surface area contributed by atoms with Gasteiger partial charge in [-0.15, -0.1) is 11.3 Å². The van der Waals surface area contributed by atoms with Crippen molar-refractivity contribution in [3.8, 4) is 11.3 Å². The van der Waals surface area contributed by atoms with E-state index in [-0.39, 0.29) is 0 Å². The van der Waals surface area contributed by atoms with E-state index in [0.717, 1.165) is 28.1 Å². The van der Waals surface area contributed by atoms with Crippen molar-refractivity contribution in [1.29, 1.82) is 0 Å². The molecule has 94 valence electrons. The number of benzene rings is 1. The second kappa shape index (κ2) is 4.90. The summed E-state index contributed by atoms with van der Waals surface area (Å²) >= 11 is 1.27. The lowest BCUT2D eigenvalue weighted by atomic mass is 10.0. The van der Waals surface area contributed by atoms with E-state index in [2.05, 4.69) is 4.98 Å². The molecule has 0 fully saturated rings. The summed E-state index contributed by atoms with van der Waals surface area (Å²) in [6, 6.07) is 6.02. The summed E-state index contributed by atoms with van der Waals surface area (Å²) in [4.78, 5) is 16.1. The van der Waals surface area contributed by atoms with Crippen LogP contribution in [0.25, 0.3) is 11.3 Å². The molecule has 2 rings (SSSR count). The summed E-state index contributed by atoms with van der Waals surface area (Å²) in [6.07, 6.45) is 0.760. The number of aryl methyl sites for hydroxylation is 3.